The number of nitrogens with zero attached hydrogens (tertiary/aromatic N) is 1. The fourth-order valence-electron chi connectivity index (χ4n) is 1.25. The Labute approximate surface area is 114 Å². The van der Waals surface area contributed by atoms with Gasteiger partial charge in [0.25, 0.3) is 0 Å². The molecule has 1 aromatic heterocycles. The summed E-state index contributed by atoms with van der Waals surface area (Å²) in [6.45, 7) is 0.0199. The molecule has 9 nitrogen and oxygen atoms in total. The predicted molar refractivity (Wildman–Crippen MR) is 68.2 cm³/mol. The second-order valence-corrected chi connectivity index (χ2v) is 3.60. The van der Waals surface area contributed by atoms with Crippen LogP contribution in [0.25, 0.3) is 0 Å². The van der Waals surface area contributed by atoms with E-state index in [0.29, 0.717) is 0 Å². The maximum absolute atomic E-state index is 11.5. The molecule has 0 atom stereocenters. The summed E-state index contributed by atoms with van der Waals surface area (Å²) in [5.41, 5.74) is 4.68. The second-order valence-electron chi connectivity index (χ2n) is 3.60. The highest BCUT2D eigenvalue weighted by molar-refractivity contribution is 5.98. The number of aromatic nitrogens is 1. The van der Waals surface area contributed by atoms with Crippen LogP contribution in [0.5, 0.6) is 0 Å². The molecule has 5 N–H and O–H groups in total. The number of primary amides is 1. The van der Waals surface area contributed by atoms with E-state index in [1.807, 2.05) is 0 Å². The Hall–Kier alpha value is -2.68. The average Bonchev–Trinajstić information content (AvgIpc) is 2.38. The highest BCUT2D eigenvalue weighted by Crippen LogP contribution is 2.11. The molecule has 20 heavy (non-hydrogen) atoms. The van der Waals surface area contributed by atoms with Crippen LogP contribution in [-0.2, 0) is 9.53 Å². The number of carbonyl (C=O) groups is 3. The van der Waals surface area contributed by atoms with Crippen LogP contribution in [-0.4, -0.2) is 47.8 Å². The number of ether oxygens (including phenoxy) is 1. The number of hydrogen-bond acceptors (Lipinski definition) is 5. The van der Waals surface area contributed by atoms with Crippen molar-refractivity contribution < 1.29 is 24.2 Å². The van der Waals surface area contributed by atoms with Gasteiger partial charge in [0.05, 0.1) is 12.3 Å². The molecule has 9 heteroatoms. The van der Waals surface area contributed by atoms with Crippen molar-refractivity contribution >= 4 is 23.6 Å². The van der Waals surface area contributed by atoms with E-state index < -0.39 is 17.9 Å². The number of carbonyl (C=O) groups excluding carboxylic acids is 2. The number of nitrogens with one attached hydrogen (secondary N) is 2. The topological polar surface area (TPSA) is 144 Å². The minimum absolute atomic E-state index is 0.0792. The van der Waals surface area contributed by atoms with Crippen LogP contribution < -0.4 is 16.4 Å². The Balaban J connectivity index is 2.39. The smallest absolute Gasteiger partial charge is 0.356 e. The Bertz CT molecular complexity index is 505. The molecule has 1 heterocycles. The lowest BCUT2D eigenvalue weighted by molar-refractivity contribution is -0.122. The average molecular weight is 282 g/mol. The van der Waals surface area contributed by atoms with Gasteiger partial charge in [-0.15, -0.1) is 0 Å². The molecular formula is C11H14N4O5. The van der Waals surface area contributed by atoms with E-state index in [1.165, 1.54) is 18.3 Å². The molecular weight excluding hydrogens is 268 g/mol. The molecule has 0 aliphatic carbocycles. The van der Waals surface area contributed by atoms with Gasteiger partial charge in [0, 0.05) is 12.7 Å². The lowest BCUT2D eigenvalue weighted by Gasteiger charge is -2.09. The molecule has 108 valence electrons. The zero-order valence-electron chi connectivity index (χ0n) is 10.5. The maximum Gasteiger partial charge on any atom is 0.356 e. The van der Waals surface area contributed by atoms with Crippen LogP contribution in [0.1, 0.15) is 10.5 Å². The number of pyridine rings is 1. The van der Waals surface area contributed by atoms with Gasteiger partial charge in [0.1, 0.15) is 6.61 Å². The SMILES string of the molecule is NC(=O)COCCNC(=O)Nc1cccnc1C(=O)O. The van der Waals surface area contributed by atoms with E-state index in [-0.39, 0.29) is 31.1 Å². The number of urea groups is 1. The van der Waals surface area contributed by atoms with E-state index in [4.69, 9.17) is 15.6 Å². The molecule has 1 aromatic rings. The summed E-state index contributed by atoms with van der Waals surface area (Å²) in [5.74, 6) is -1.85. The summed E-state index contributed by atoms with van der Waals surface area (Å²) in [6, 6.07) is 2.31. The van der Waals surface area contributed by atoms with Gasteiger partial charge in [-0.2, -0.15) is 0 Å². The monoisotopic (exact) mass is 282 g/mol. The van der Waals surface area contributed by atoms with Gasteiger partial charge < -0.3 is 26.2 Å². The molecule has 0 radical (unpaired) electrons. The molecule has 0 fully saturated rings. The van der Waals surface area contributed by atoms with Gasteiger partial charge in [-0.05, 0) is 12.1 Å². The lowest BCUT2D eigenvalue weighted by Crippen LogP contribution is -2.33. The van der Waals surface area contributed by atoms with Crippen LogP contribution >= 0.6 is 0 Å². The minimum Gasteiger partial charge on any atom is -0.476 e. The molecule has 0 aliphatic rings. The first-order valence-corrected chi connectivity index (χ1v) is 5.60. The molecule has 0 bridgehead atoms. The van der Waals surface area contributed by atoms with E-state index in [1.54, 1.807) is 0 Å². The number of rotatable bonds is 7. The van der Waals surface area contributed by atoms with Gasteiger partial charge in [0.15, 0.2) is 5.69 Å². The fourth-order valence-corrected chi connectivity index (χ4v) is 1.25. The molecule has 0 saturated heterocycles. The standard InChI is InChI=1S/C11H14N4O5/c12-8(16)6-20-5-4-14-11(19)15-7-2-1-3-13-9(7)10(17)18/h1-3H,4-6H2,(H2,12,16)(H,17,18)(H2,14,15,19). The first kappa shape index (κ1) is 15.4. The number of aromatic carboxylic acids is 1. The number of amides is 3. The Morgan fingerprint density at radius 2 is 2.15 bits per heavy atom. The highest BCUT2D eigenvalue weighted by Gasteiger charge is 2.12. The van der Waals surface area contributed by atoms with Crippen LogP contribution in [0.15, 0.2) is 18.3 Å². The second kappa shape index (κ2) is 7.69. The Morgan fingerprint density at radius 1 is 1.40 bits per heavy atom. The molecule has 3 amide bonds. The summed E-state index contributed by atoms with van der Waals surface area (Å²) in [5, 5.41) is 13.7. The first-order valence-electron chi connectivity index (χ1n) is 5.60. The maximum atomic E-state index is 11.5. The third-order valence-corrected chi connectivity index (χ3v) is 2.03. The number of hydrogen-bond donors (Lipinski definition) is 4. The molecule has 0 unspecified atom stereocenters. The van der Waals surface area contributed by atoms with Crippen LogP contribution in [0.2, 0.25) is 0 Å². The summed E-state index contributed by atoms with van der Waals surface area (Å²) < 4.78 is 4.83. The van der Waals surface area contributed by atoms with Gasteiger partial charge in [0.2, 0.25) is 5.91 Å². The van der Waals surface area contributed by atoms with Gasteiger partial charge in [-0.1, -0.05) is 0 Å². The molecule has 0 saturated carbocycles. The minimum atomic E-state index is -1.24. The van der Waals surface area contributed by atoms with Crippen LogP contribution in [0.3, 0.4) is 0 Å². The zero-order chi connectivity index (χ0) is 15.0. The lowest BCUT2D eigenvalue weighted by atomic mass is 10.3. The van der Waals surface area contributed by atoms with E-state index >= 15 is 0 Å². The van der Waals surface area contributed by atoms with Crippen LogP contribution in [0.4, 0.5) is 10.5 Å². The molecule has 1 rings (SSSR count). The van der Waals surface area contributed by atoms with Crippen molar-refractivity contribution in [3.63, 3.8) is 0 Å². The quantitative estimate of drug-likeness (QED) is 0.492. The largest absolute Gasteiger partial charge is 0.476 e. The molecule has 0 spiro atoms. The third kappa shape index (κ3) is 5.31. The predicted octanol–water partition coefficient (Wildman–Crippen LogP) is -0.597. The number of nitrogens with two attached hydrogens (primary N) is 1. The number of carboxylic acids is 1. The van der Waals surface area contributed by atoms with Gasteiger partial charge >= 0.3 is 12.0 Å². The molecule has 0 aromatic carbocycles. The van der Waals surface area contributed by atoms with E-state index in [2.05, 4.69) is 15.6 Å². The number of carboxylic acid groups (broad SMARTS) is 1. The van der Waals surface area contributed by atoms with E-state index in [0.717, 1.165) is 0 Å². The Morgan fingerprint density at radius 3 is 2.80 bits per heavy atom. The van der Waals surface area contributed by atoms with E-state index in [9.17, 15) is 14.4 Å². The van der Waals surface area contributed by atoms with Crippen molar-refractivity contribution in [3.05, 3.63) is 24.0 Å². The fraction of sp³-hybridized carbons (Fsp3) is 0.273. The Kier molecular flexibility index (Phi) is 5.91. The summed E-state index contributed by atoms with van der Waals surface area (Å²) in [7, 11) is 0. The van der Waals surface area contributed by atoms with Crippen LogP contribution in [0, 0.1) is 0 Å². The summed E-state index contributed by atoms with van der Waals surface area (Å²) in [6.07, 6.45) is 1.31. The first-order chi connectivity index (χ1) is 9.50. The normalized spacial score (nSPS) is 9.80. The summed E-state index contributed by atoms with van der Waals surface area (Å²) >= 11 is 0. The highest BCUT2D eigenvalue weighted by atomic mass is 16.5. The summed E-state index contributed by atoms with van der Waals surface area (Å²) in [4.78, 5) is 36.4. The van der Waals surface area contributed by atoms with Crippen molar-refractivity contribution in [3.8, 4) is 0 Å². The third-order valence-electron chi connectivity index (χ3n) is 2.03. The van der Waals surface area contributed by atoms with Crippen molar-refractivity contribution in [1.29, 1.82) is 0 Å². The molecule has 0 aliphatic heterocycles. The van der Waals surface area contributed by atoms with Crippen molar-refractivity contribution in [2.75, 3.05) is 25.1 Å². The van der Waals surface area contributed by atoms with Crippen molar-refractivity contribution in [1.82, 2.24) is 10.3 Å². The van der Waals surface area contributed by atoms with Crippen molar-refractivity contribution in [2.45, 2.75) is 0 Å². The zero-order valence-corrected chi connectivity index (χ0v) is 10.5. The van der Waals surface area contributed by atoms with Gasteiger partial charge in [-0.3, -0.25) is 4.79 Å². The number of anilines is 1. The van der Waals surface area contributed by atoms with Gasteiger partial charge in [-0.25, -0.2) is 14.6 Å². The van der Waals surface area contributed by atoms with Crippen molar-refractivity contribution in [2.24, 2.45) is 5.73 Å².